The summed E-state index contributed by atoms with van der Waals surface area (Å²) >= 11 is 0.717. The van der Waals surface area contributed by atoms with Crippen molar-refractivity contribution in [3.8, 4) is 0 Å². The van der Waals surface area contributed by atoms with Gasteiger partial charge < -0.3 is 25.2 Å². The van der Waals surface area contributed by atoms with E-state index in [2.05, 4.69) is 9.44 Å². The molecule has 0 bridgehead atoms. The molecule has 1 aliphatic heterocycles. The van der Waals surface area contributed by atoms with Gasteiger partial charge in [0, 0.05) is 22.8 Å². The average Bonchev–Trinajstić information content (AvgIpc) is 2.55. The van der Waals surface area contributed by atoms with Gasteiger partial charge in [0.05, 0.1) is 6.61 Å². The zero-order valence-electron chi connectivity index (χ0n) is 13.9. The first-order valence-electron chi connectivity index (χ1n) is 7.55. The second-order valence-corrected chi connectivity index (χ2v) is 9.27. The molecule has 0 spiro atoms. The van der Waals surface area contributed by atoms with E-state index in [1.807, 2.05) is 0 Å². The minimum Gasteiger partial charge on any atom is -0.394 e. The molecule has 14 heteroatoms. The second kappa shape index (κ2) is 10.9. The van der Waals surface area contributed by atoms with Gasteiger partial charge in [-0.15, -0.1) is 0 Å². The van der Waals surface area contributed by atoms with Crippen molar-refractivity contribution in [2.24, 2.45) is 5.16 Å². The van der Waals surface area contributed by atoms with Gasteiger partial charge in [-0.25, -0.2) is 4.28 Å². The van der Waals surface area contributed by atoms with Crippen LogP contribution in [0, 0.1) is 0 Å². The van der Waals surface area contributed by atoms with Crippen molar-refractivity contribution in [3.63, 3.8) is 0 Å². The number of unbranched alkanes of at least 4 members (excludes halogenated alkanes) is 1. The molecule has 1 heterocycles. The van der Waals surface area contributed by atoms with E-state index >= 15 is 0 Å². The summed E-state index contributed by atoms with van der Waals surface area (Å²) in [6.07, 6.45) is -3.09. The molecule has 0 radical (unpaired) electrons. The topological polar surface area (TPSA) is 183 Å². The number of aliphatic hydroxyl groups is 4. The van der Waals surface area contributed by atoms with E-state index in [0.717, 1.165) is 11.8 Å². The third kappa shape index (κ3) is 8.14. The van der Waals surface area contributed by atoms with Crippen LogP contribution in [0.1, 0.15) is 19.3 Å². The summed E-state index contributed by atoms with van der Waals surface area (Å²) in [6.45, 7) is -0.613. The summed E-state index contributed by atoms with van der Waals surface area (Å²) in [7, 11) is -5.83. The van der Waals surface area contributed by atoms with E-state index in [1.165, 1.54) is 0 Å². The predicted molar refractivity (Wildman–Crippen MR) is 94.2 cm³/mol. The lowest BCUT2D eigenvalue weighted by molar-refractivity contribution is -0.205. The fraction of sp³-hybridized carbons (Fsp3) is 0.917. The Morgan fingerprint density at radius 2 is 1.88 bits per heavy atom. The first kappa shape index (κ1) is 23.7. The SMILES string of the molecule is CS(=O)CCCC/C(=N\OS(=O)(=O)O)S[C@H]1O[C@@H](CO)[C@H](O)[C@@H](O)[C@@H]1O. The smallest absolute Gasteiger partial charge is 0.394 e. The number of oxime groups is 1. The monoisotopic (exact) mass is 437 g/mol. The normalized spacial score (nSPS) is 31.6. The number of ether oxygens (including phenoxy) is 1. The summed E-state index contributed by atoms with van der Waals surface area (Å²) in [5, 5.41) is 42.0. The molecule has 5 N–H and O–H groups in total. The van der Waals surface area contributed by atoms with Gasteiger partial charge in [-0.05, 0) is 19.3 Å². The molecular formula is C12H23NO10S3. The minimum absolute atomic E-state index is 0.0221. The third-order valence-corrected chi connectivity index (χ3v) is 5.71. The Morgan fingerprint density at radius 1 is 1.23 bits per heavy atom. The van der Waals surface area contributed by atoms with E-state index in [4.69, 9.17) is 14.4 Å². The maximum atomic E-state index is 11.1. The van der Waals surface area contributed by atoms with E-state index in [9.17, 15) is 27.9 Å². The first-order chi connectivity index (χ1) is 12.0. The van der Waals surface area contributed by atoms with Crippen molar-refractivity contribution >= 4 is 38.0 Å². The minimum atomic E-state index is -4.83. The van der Waals surface area contributed by atoms with Gasteiger partial charge in [-0.2, -0.15) is 8.42 Å². The maximum Gasteiger partial charge on any atom is 0.466 e. The fourth-order valence-corrected chi connectivity index (χ4v) is 4.05. The van der Waals surface area contributed by atoms with Gasteiger partial charge in [0.25, 0.3) is 0 Å². The van der Waals surface area contributed by atoms with Crippen LogP contribution in [-0.4, -0.2) is 91.1 Å². The van der Waals surface area contributed by atoms with Gasteiger partial charge in [0.1, 0.15) is 34.9 Å². The van der Waals surface area contributed by atoms with Gasteiger partial charge in [0.15, 0.2) is 0 Å². The molecule has 154 valence electrons. The van der Waals surface area contributed by atoms with Crippen LogP contribution in [0.2, 0.25) is 0 Å². The number of hydrogen-bond donors (Lipinski definition) is 5. The predicted octanol–water partition coefficient (Wildman–Crippen LogP) is -1.80. The van der Waals surface area contributed by atoms with Crippen molar-refractivity contribution in [3.05, 3.63) is 0 Å². The van der Waals surface area contributed by atoms with Crippen LogP contribution in [-0.2, 0) is 30.2 Å². The van der Waals surface area contributed by atoms with Crippen molar-refractivity contribution in [2.75, 3.05) is 18.6 Å². The fourth-order valence-electron chi connectivity index (χ4n) is 2.10. The molecule has 0 aromatic heterocycles. The Hall–Kier alpha value is -0.320. The lowest BCUT2D eigenvalue weighted by Gasteiger charge is -2.39. The summed E-state index contributed by atoms with van der Waals surface area (Å²) in [4.78, 5) is 0. The summed E-state index contributed by atoms with van der Waals surface area (Å²) in [5.41, 5.74) is -1.17. The van der Waals surface area contributed by atoms with Crippen LogP contribution in [0.3, 0.4) is 0 Å². The maximum absolute atomic E-state index is 11.1. The average molecular weight is 438 g/mol. The molecule has 1 aliphatic rings. The summed E-state index contributed by atoms with van der Waals surface area (Å²) < 4.78 is 50.4. The van der Waals surface area contributed by atoms with Gasteiger partial charge in [-0.1, -0.05) is 16.9 Å². The lowest BCUT2D eigenvalue weighted by atomic mass is 10.0. The first-order valence-corrected chi connectivity index (χ1v) is 11.5. The van der Waals surface area contributed by atoms with Gasteiger partial charge in [-0.3, -0.25) is 8.76 Å². The molecule has 0 aromatic carbocycles. The molecule has 1 saturated heterocycles. The second-order valence-electron chi connectivity index (χ2n) is 5.54. The van der Waals surface area contributed by atoms with E-state index in [1.54, 1.807) is 6.26 Å². The Bertz CT molecular complexity index is 596. The quantitative estimate of drug-likeness (QED) is 0.0901. The molecule has 0 aliphatic carbocycles. The van der Waals surface area contributed by atoms with Crippen molar-refractivity contribution in [2.45, 2.75) is 49.1 Å². The Balaban J connectivity index is 2.80. The van der Waals surface area contributed by atoms with Crippen LogP contribution in [0.25, 0.3) is 0 Å². The number of hydrogen-bond acceptors (Lipinski definition) is 11. The van der Waals surface area contributed by atoms with Crippen LogP contribution in [0.5, 0.6) is 0 Å². The van der Waals surface area contributed by atoms with E-state index in [0.29, 0.717) is 18.6 Å². The number of aliphatic hydroxyl groups excluding tert-OH is 4. The highest BCUT2D eigenvalue weighted by molar-refractivity contribution is 8.14. The zero-order chi connectivity index (χ0) is 19.9. The molecule has 1 fully saturated rings. The molecule has 1 unspecified atom stereocenters. The standard InChI is InChI=1S/C12H23NO10S3/c1-25(18)5-3-2-4-8(13-23-26(19,20)21)24-12-11(17)10(16)9(15)7(6-14)22-12/h7,9-12,14-17H,2-6H2,1H3,(H,19,20,21)/b13-8+/t7-,9-,10+,11-,12+,25?/m0/s1. The third-order valence-electron chi connectivity index (χ3n) is 3.41. The van der Waals surface area contributed by atoms with Crippen LogP contribution >= 0.6 is 11.8 Å². The van der Waals surface area contributed by atoms with E-state index < -0.39 is 57.7 Å². The molecule has 11 nitrogen and oxygen atoms in total. The molecule has 1 rings (SSSR count). The number of nitrogens with zero attached hydrogens (tertiary/aromatic N) is 1. The number of rotatable bonds is 9. The molecular weight excluding hydrogens is 414 g/mol. The molecule has 0 aromatic rings. The zero-order valence-corrected chi connectivity index (χ0v) is 16.3. The van der Waals surface area contributed by atoms with Crippen molar-refractivity contribution in [1.82, 2.24) is 0 Å². The highest BCUT2D eigenvalue weighted by atomic mass is 32.3. The highest BCUT2D eigenvalue weighted by Crippen LogP contribution is 2.30. The highest BCUT2D eigenvalue weighted by Gasteiger charge is 2.44. The Kier molecular flexibility index (Phi) is 9.92. The summed E-state index contributed by atoms with van der Waals surface area (Å²) in [6, 6.07) is 0. The molecule has 0 amide bonds. The van der Waals surface area contributed by atoms with Crippen molar-refractivity contribution < 1.29 is 46.6 Å². The molecule has 0 saturated carbocycles. The van der Waals surface area contributed by atoms with Gasteiger partial charge in [0.2, 0.25) is 0 Å². The molecule has 26 heavy (non-hydrogen) atoms. The Morgan fingerprint density at radius 3 is 2.42 bits per heavy atom. The van der Waals surface area contributed by atoms with Crippen LogP contribution in [0.15, 0.2) is 5.16 Å². The van der Waals surface area contributed by atoms with Crippen molar-refractivity contribution in [1.29, 1.82) is 0 Å². The van der Waals surface area contributed by atoms with Crippen LogP contribution in [0.4, 0.5) is 0 Å². The lowest BCUT2D eigenvalue weighted by Crippen LogP contribution is -2.57. The largest absolute Gasteiger partial charge is 0.466 e. The number of thioether (sulfide) groups is 1. The van der Waals surface area contributed by atoms with Gasteiger partial charge >= 0.3 is 10.4 Å². The molecule has 6 atom stereocenters. The Labute approximate surface area is 157 Å². The van der Waals surface area contributed by atoms with Crippen LogP contribution < -0.4 is 0 Å². The summed E-state index contributed by atoms with van der Waals surface area (Å²) in [5.74, 6) is 0.428. The van der Waals surface area contributed by atoms with E-state index in [-0.39, 0.29) is 11.5 Å².